The highest BCUT2D eigenvalue weighted by Gasteiger charge is 2.14. The Morgan fingerprint density at radius 2 is 1.53 bits per heavy atom. The van der Waals surface area contributed by atoms with Crippen LogP contribution >= 0.6 is 0 Å². The predicted molar refractivity (Wildman–Crippen MR) is 86.8 cm³/mol. The van der Waals surface area contributed by atoms with Gasteiger partial charge in [0, 0.05) is 32.2 Å². The Morgan fingerprint density at radius 1 is 0.895 bits per heavy atom. The first kappa shape index (κ1) is 18.9. The van der Waals surface area contributed by atoms with Crippen LogP contribution in [0.15, 0.2) is 0 Å². The molecule has 0 aromatic rings. The summed E-state index contributed by atoms with van der Waals surface area (Å²) >= 11 is 0. The number of nitrogens with zero attached hydrogens (tertiary/aromatic N) is 2. The van der Waals surface area contributed by atoms with Crippen molar-refractivity contribution in [2.75, 3.05) is 46.8 Å². The molecule has 116 valence electrons. The molecule has 0 aromatic carbocycles. The topological polar surface area (TPSA) is 18.5 Å². The van der Waals surface area contributed by atoms with Crippen LogP contribution in [0, 0.1) is 11.8 Å². The normalized spacial score (nSPS) is 14.1. The first-order valence-electron chi connectivity index (χ1n) is 7.92. The summed E-state index contributed by atoms with van der Waals surface area (Å²) < 4.78 is 0. The van der Waals surface area contributed by atoms with E-state index in [1.807, 2.05) is 0 Å². The molecule has 3 heteroatoms. The zero-order valence-electron chi connectivity index (χ0n) is 14.4. The lowest BCUT2D eigenvalue weighted by Crippen LogP contribution is -2.45. The molecule has 0 rings (SSSR count). The van der Waals surface area contributed by atoms with Crippen LogP contribution in [0.2, 0.25) is 0 Å². The van der Waals surface area contributed by atoms with Crippen LogP contribution < -0.4 is 5.32 Å². The molecule has 0 aromatic heterocycles. The van der Waals surface area contributed by atoms with Crippen molar-refractivity contribution >= 4 is 0 Å². The summed E-state index contributed by atoms with van der Waals surface area (Å²) in [4.78, 5) is 4.89. The van der Waals surface area contributed by atoms with Gasteiger partial charge in [0.25, 0.3) is 0 Å². The zero-order chi connectivity index (χ0) is 14.8. The van der Waals surface area contributed by atoms with Crippen LogP contribution in [0.3, 0.4) is 0 Å². The van der Waals surface area contributed by atoms with Crippen molar-refractivity contribution in [2.24, 2.45) is 11.8 Å². The lowest BCUT2D eigenvalue weighted by atomic mass is 10.1. The van der Waals surface area contributed by atoms with Gasteiger partial charge in [-0.1, -0.05) is 27.7 Å². The average molecular weight is 271 g/mol. The van der Waals surface area contributed by atoms with Crippen LogP contribution in [-0.4, -0.2) is 62.7 Å². The Morgan fingerprint density at radius 3 is 2.00 bits per heavy atom. The summed E-state index contributed by atoms with van der Waals surface area (Å²) in [5, 5.41) is 3.60. The van der Waals surface area contributed by atoms with E-state index in [0.717, 1.165) is 38.0 Å². The van der Waals surface area contributed by atoms with E-state index in [4.69, 9.17) is 0 Å². The van der Waals surface area contributed by atoms with Crippen molar-refractivity contribution in [3.05, 3.63) is 0 Å². The molecular formula is C16H37N3. The molecule has 0 aliphatic heterocycles. The Kier molecular flexibility index (Phi) is 10.6. The first-order valence-corrected chi connectivity index (χ1v) is 7.92. The number of rotatable bonds is 11. The average Bonchev–Trinajstić information content (AvgIpc) is 2.28. The number of nitrogens with one attached hydrogen (secondary N) is 1. The maximum Gasteiger partial charge on any atom is 0.0193 e. The van der Waals surface area contributed by atoms with Gasteiger partial charge >= 0.3 is 0 Å². The molecular weight excluding hydrogens is 234 g/mol. The summed E-state index contributed by atoms with van der Waals surface area (Å²) in [6.07, 6.45) is 1.27. The molecule has 0 radical (unpaired) electrons. The van der Waals surface area contributed by atoms with Gasteiger partial charge in [0.05, 0.1) is 0 Å². The second-order valence-corrected chi connectivity index (χ2v) is 6.93. The van der Waals surface area contributed by atoms with Crippen molar-refractivity contribution in [3.8, 4) is 0 Å². The molecule has 0 saturated carbocycles. The third-order valence-electron chi connectivity index (χ3n) is 3.40. The Balaban J connectivity index is 4.02. The lowest BCUT2D eigenvalue weighted by Gasteiger charge is -2.32. The SMILES string of the molecule is CC(C)CCNCC(C)N(CCN(C)C)CC(C)C. The zero-order valence-corrected chi connectivity index (χ0v) is 14.4. The van der Waals surface area contributed by atoms with E-state index in [1.54, 1.807) is 0 Å². The fourth-order valence-corrected chi connectivity index (χ4v) is 2.12. The smallest absolute Gasteiger partial charge is 0.0193 e. The van der Waals surface area contributed by atoms with Crippen molar-refractivity contribution in [3.63, 3.8) is 0 Å². The number of hydrogen-bond acceptors (Lipinski definition) is 3. The summed E-state index contributed by atoms with van der Waals surface area (Å²) in [6, 6.07) is 0.620. The van der Waals surface area contributed by atoms with E-state index in [2.05, 4.69) is 63.8 Å². The fourth-order valence-electron chi connectivity index (χ4n) is 2.12. The maximum absolute atomic E-state index is 3.60. The second-order valence-electron chi connectivity index (χ2n) is 6.93. The minimum atomic E-state index is 0.620. The van der Waals surface area contributed by atoms with Crippen LogP contribution in [0.1, 0.15) is 41.0 Å². The Labute approximate surface area is 121 Å². The van der Waals surface area contributed by atoms with Crippen LogP contribution in [0.4, 0.5) is 0 Å². The van der Waals surface area contributed by atoms with Crippen molar-refractivity contribution in [1.82, 2.24) is 15.1 Å². The van der Waals surface area contributed by atoms with Gasteiger partial charge in [-0.05, 0) is 45.8 Å². The Bertz CT molecular complexity index is 202. The molecule has 1 unspecified atom stereocenters. The van der Waals surface area contributed by atoms with Crippen LogP contribution in [0.25, 0.3) is 0 Å². The molecule has 0 spiro atoms. The molecule has 0 fully saturated rings. The monoisotopic (exact) mass is 271 g/mol. The summed E-state index contributed by atoms with van der Waals surface area (Å²) in [5.74, 6) is 1.53. The summed E-state index contributed by atoms with van der Waals surface area (Å²) in [5.41, 5.74) is 0. The molecule has 0 saturated heterocycles. The predicted octanol–water partition coefficient (Wildman–Crippen LogP) is 2.53. The van der Waals surface area contributed by atoms with Gasteiger partial charge in [-0.3, -0.25) is 4.90 Å². The molecule has 0 heterocycles. The molecule has 3 nitrogen and oxygen atoms in total. The van der Waals surface area contributed by atoms with E-state index >= 15 is 0 Å². The summed E-state index contributed by atoms with van der Waals surface area (Å²) in [6.45, 7) is 17.3. The fraction of sp³-hybridized carbons (Fsp3) is 1.00. The molecule has 0 bridgehead atoms. The van der Waals surface area contributed by atoms with E-state index in [0.29, 0.717) is 6.04 Å². The second kappa shape index (κ2) is 10.6. The maximum atomic E-state index is 3.60. The van der Waals surface area contributed by atoms with E-state index < -0.39 is 0 Å². The number of likely N-dealkylation sites (N-methyl/N-ethyl adjacent to an activating group) is 1. The van der Waals surface area contributed by atoms with Crippen molar-refractivity contribution in [1.29, 1.82) is 0 Å². The van der Waals surface area contributed by atoms with Gasteiger partial charge in [-0.15, -0.1) is 0 Å². The molecule has 1 atom stereocenters. The lowest BCUT2D eigenvalue weighted by molar-refractivity contribution is 0.167. The third kappa shape index (κ3) is 11.4. The standard InChI is InChI=1S/C16H37N3/c1-14(2)8-9-17-12-16(5)19(13-15(3)4)11-10-18(6)7/h14-17H,8-13H2,1-7H3. The van der Waals surface area contributed by atoms with Gasteiger partial charge in [-0.2, -0.15) is 0 Å². The highest BCUT2D eigenvalue weighted by atomic mass is 15.2. The quantitative estimate of drug-likeness (QED) is 0.583. The van der Waals surface area contributed by atoms with Crippen LogP contribution in [-0.2, 0) is 0 Å². The van der Waals surface area contributed by atoms with Crippen LogP contribution in [0.5, 0.6) is 0 Å². The largest absolute Gasteiger partial charge is 0.315 e. The van der Waals surface area contributed by atoms with Gasteiger partial charge in [0.2, 0.25) is 0 Å². The van der Waals surface area contributed by atoms with Gasteiger partial charge in [0.1, 0.15) is 0 Å². The van der Waals surface area contributed by atoms with E-state index in [-0.39, 0.29) is 0 Å². The number of hydrogen-bond donors (Lipinski definition) is 1. The minimum absolute atomic E-state index is 0.620. The third-order valence-corrected chi connectivity index (χ3v) is 3.40. The molecule has 0 amide bonds. The van der Waals surface area contributed by atoms with Gasteiger partial charge in [0.15, 0.2) is 0 Å². The highest BCUT2D eigenvalue weighted by molar-refractivity contribution is 4.72. The first-order chi connectivity index (χ1) is 8.82. The van der Waals surface area contributed by atoms with Gasteiger partial charge < -0.3 is 10.2 Å². The molecule has 0 aliphatic carbocycles. The Hall–Kier alpha value is -0.120. The van der Waals surface area contributed by atoms with Crippen molar-refractivity contribution in [2.45, 2.75) is 47.1 Å². The molecule has 19 heavy (non-hydrogen) atoms. The highest BCUT2D eigenvalue weighted by Crippen LogP contribution is 2.04. The molecule has 1 N–H and O–H groups in total. The summed E-state index contributed by atoms with van der Waals surface area (Å²) in [7, 11) is 4.30. The van der Waals surface area contributed by atoms with Crippen molar-refractivity contribution < 1.29 is 0 Å². The molecule has 0 aliphatic rings. The minimum Gasteiger partial charge on any atom is -0.315 e. The van der Waals surface area contributed by atoms with E-state index in [1.165, 1.54) is 13.0 Å². The van der Waals surface area contributed by atoms with E-state index in [9.17, 15) is 0 Å². The van der Waals surface area contributed by atoms with Gasteiger partial charge in [-0.25, -0.2) is 0 Å².